The molecule has 6 nitrogen and oxygen atoms in total. The lowest BCUT2D eigenvalue weighted by Crippen LogP contribution is -2.40. The number of primary amides is 1. The molecule has 0 aromatic heterocycles. The van der Waals surface area contributed by atoms with Crippen LogP contribution in [0.1, 0.15) is 34.3 Å². The van der Waals surface area contributed by atoms with E-state index in [0.29, 0.717) is 17.8 Å². The van der Waals surface area contributed by atoms with Crippen molar-refractivity contribution in [2.75, 3.05) is 26.0 Å². The molecular weight excluding hydrogens is 352 g/mol. The third-order valence-corrected chi connectivity index (χ3v) is 5.07. The van der Waals surface area contributed by atoms with Crippen LogP contribution < -0.4 is 11.1 Å². The lowest BCUT2D eigenvalue weighted by atomic mass is 10.0. The monoisotopic (exact) mass is 380 g/mol. The van der Waals surface area contributed by atoms with Gasteiger partial charge in [-0.25, -0.2) is 4.79 Å². The molecule has 1 unspecified atom stereocenters. The molecule has 0 saturated carbocycles. The van der Waals surface area contributed by atoms with Gasteiger partial charge in [0.2, 0.25) is 5.91 Å². The van der Waals surface area contributed by atoms with Gasteiger partial charge in [0.15, 0.2) is 0 Å². The molecule has 0 aliphatic carbocycles. The second-order valence-electron chi connectivity index (χ2n) is 7.58. The van der Waals surface area contributed by atoms with E-state index >= 15 is 0 Å². The number of rotatable bonds is 6. The summed E-state index contributed by atoms with van der Waals surface area (Å²) in [6.07, 6.45) is 2.84. The van der Waals surface area contributed by atoms with E-state index in [9.17, 15) is 9.59 Å². The summed E-state index contributed by atoms with van der Waals surface area (Å²) in [5, 5.41) is 3.02. The molecule has 1 fully saturated rings. The Morgan fingerprint density at radius 3 is 2.61 bits per heavy atom. The number of carbonyl (C=O) groups excluding carboxylic acids is 2. The Morgan fingerprint density at radius 1 is 1.18 bits per heavy atom. The first-order valence-electron chi connectivity index (χ1n) is 9.63. The number of likely N-dealkylation sites (tertiary alicyclic amines) is 1. The predicted octanol–water partition coefficient (Wildman–Crippen LogP) is 3.09. The van der Waals surface area contributed by atoms with Gasteiger partial charge in [0.05, 0.1) is 0 Å². The van der Waals surface area contributed by atoms with E-state index in [1.807, 2.05) is 48.2 Å². The molecule has 0 bridgehead atoms. The van der Waals surface area contributed by atoms with Crippen molar-refractivity contribution >= 4 is 17.6 Å². The van der Waals surface area contributed by atoms with Gasteiger partial charge < -0.3 is 20.9 Å². The Hall–Kier alpha value is -2.86. The van der Waals surface area contributed by atoms with Gasteiger partial charge in [-0.3, -0.25) is 4.79 Å². The summed E-state index contributed by atoms with van der Waals surface area (Å²) in [5.74, 6) is -0.505. The Bertz CT molecular complexity index is 836. The minimum atomic E-state index is -0.505. The highest BCUT2D eigenvalue weighted by Gasteiger charge is 2.29. The molecule has 3 N–H and O–H groups in total. The molecule has 1 aliphatic rings. The van der Waals surface area contributed by atoms with Crippen LogP contribution in [-0.4, -0.2) is 48.4 Å². The largest absolute Gasteiger partial charge is 0.366 e. The average Bonchev–Trinajstić information content (AvgIpc) is 3.11. The van der Waals surface area contributed by atoms with Crippen molar-refractivity contribution < 1.29 is 9.59 Å². The quantitative estimate of drug-likeness (QED) is 0.808. The fourth-order valence-electron chi connectivity index (χ4n) is 3.71. The van der Waals surface area contributed by atoms with E-state index in [4.69, 9.17) is 5.73 Å². The average molecular weight is 380 g/mol. The van der Waals surface area contributed by atoms with Crippen molar-refractivity contribution in [3.63, 3.8) is 0 Å². The van der Waals surface area contributed by atoms with Crippen molar-refractivity contribution in [3.8, 4) is 0 Å². The standard InChI is InChI=1S/C22H28N4O2/c1-25(2)15-18-11-10-17(21(23)27)14-20(18)24-22(28)26-12-6-9-19(26)13-16-7-4-3-5-8-16/h3-5,7-8,10-11,14,19H,6,9,12-13,15H2,1-2H3,(H2,23,27)(H,24,28). The van der Waals surface area contributed by atoms with E-state index in [2.05, 4.69) is 17.4 Å². The highest BCUT2D eigenvalue weighted by molar-refractivity contribution is 5.96. The summed E-state index contributed by atoms with van der Waals surface area (Å²) in [5.41, 5.74) is 8.63. The number of anilines is 1. The van der Waals surface area contributed by atoms with Crippen molar-refractivity contribution in [1.29, 1.82) is 0 Å². The first kappa shape index (κ1) is 19.9. The van der Waals surface area contributed by atoms with Crippen LogP contribution in [0.5, 0.6) is 0 Å². The van der Waals surface area contributed by atoms with Crippen LogP contribution in [0.2, 0.25) is 0 Å². The van der Waals surface area contributed by atoms with E-state index in [1.54, 1.807) is 12.1 Å². The van der Waals surface area contributed by atoms with E-state index < -0.39 is 5.91 Å². The van der Waals surface area contributed by atoms with Crippen LogP contribution >= 0.6 is 0 Å². The summed E-state index contributed by atoms with van der Waals surface area (Å²) < 4.78 is 0. The molecule has 1 atom stereocenters. The SMILES string of the molecule is CN(C)Cc1ccc(C(N)=O)cc1NC(=O)N1CCCC1Cc1ccccc1. The predicted molar refractivity (Wildman–Crippen MR) is 111 cm³/mol. The van der Waals surface area contributed by atoms with Crippen LogP contribution in [0.4, 0.5) is 10.5 Å². The summed E-state index contributed by atoms with van der Waals surface area (Å²) in [7, 11) is 3.92. The maximum atomic E-state index is 13.0. The van der Waals surface area contributed by atoms with Crippen molar-refractivity contribution in [2.45, 2.75) is 31.8 Å². The number of hydrogen-bond acceptors (Lipinski definition) is 3. The lowest BCUT2D eigenvalue weighted by molar-refractivity contribution is 0.1000. The van der Waals surface area contributed by atoms with Gasteiger partial charge in [-0.1, -0.05) is 36.4 Å². The molecule has 3 amide bonds. The van der Waals surface area contributed by atoms with Crippen LogP contribution in [0, 0.1) is 0 Å². The van der Waals surface area contributed by atoms with Gasteiger partial charge in [-0.05, 0) is 56.6 Å². The molecule has 0 radical (unpaired) electrons. The maximum Gasteiger partial charge on any atom is 0.322 e. The molecular formula is C22H28N4O2. The third kappa shape index (κ3) is 4.89. The van der Waals surface area contributed by atoms with Crippen molar-refractivity contribution in [2.24, 2.45) is 5.73 Å². The summed E-state index contributed by atoms with van der Waals surface area (Å²) >= 11 is 0. The summed E-state index contributed by atoms with van der Waals surface area (Å²) in [4.78, 5) is 28.5. The normalized spacial score (nSPS) is 16.4. The second-order valence-corrected chi connectivity index (χ2v) is 7.58. The molecule has 2 aromatic rings. The molecule has 148 valence electrons. The van der Waals surface area contributed by atoms with Crippen molar-refractivity contribution in [3.05, 3.63) is 65.2 Å². The minimum absolute atomic E-state index is 0.125. The van der Waals surface area contributed by atoms with Crippen LogP contribution in [0.15, 0.2) is 48.5 Å². The minimum Gasteiger partial charge on any atom is -0.366 e. The van der Waals surface area contributed by atoms with Gasteiger partial charge in [0, 0.05) is 30.4 Å². The van der Waals surface area contributed by atoms with Crippen LogP contribution in [-0.2, 0) is 13.0 Å². The number of carbonyl (C=O) groups is 2. The van der Waals surface area contributed by atoms with E-state index in [1.165, 1.54) is 5.56 Å². The van der Waals surface area contributed by atoms with E-state index in [-0.39, 0.29) is 12.1 Å². The molecule has 1 aliphatic heterocycles. The smallest absolute Gasteiger partial charge is 0.322 e. The number of urea groups is 1. The first-order chi connectivity index (χ1) is 13.4. The van der Waals surface area contributed by atoms with Gasteiger partial charge in [-0.15, -0.1) is 0 Å². The zero-order valence-electron chi connectivity index (χ0n) is 16.5. The van der Waals surface area contributed by atoms with Gasteiger partial charge >= 0.3 is 6.03 Å². The molecule has 3 rings (SSSR count). The third-order valence-electron chi connectivity index (χ3n) is 5.07. The molecule has 2 aromatic carbocycles. The number of nitrogens with zero attached hydrogens (tertiary/aromatic N) is 2. The number of nitrogens with two attached hydrogens (primary N) is 1. The zero-order valence-corrected chi connectivity index (χ0v) is 16.5. The second kappa shape index (κ2) is 8.89. The van der Waals surface area contributed by atoms with E-state index in [0.717, 1.165) is 31.4 Å². The Morgan fingerprint density at radius 2 is 1.93 bits per heavy atom. The Labute approximate surface area is 166 Å². The molecule has 1 saturated heterocycles. The molecule has 1 heterocycles. The number of nitrogens with one attached hydrogen (secondary N) is 1. The lowest BCUT2D eigenvalue weighted by Gasteiger charge is -2.26. The fourth-order valence-corrected chi connectivity index (χ4v) is 3.71. The molecule has 0 spiro atoms. The zero-order chi connectivity index (χ0) is 20.1. The first-order valence-corrected chi connectivity index (χ1v) is 9.63. The van der Waals surface area contributed by atoms with Crippen molar-refractivity contribution in [1.82, 2.24) is 9.80 Å². The summed E-state index contributed by atoms with van der Waals surface area (Å²) in [6, 6.07) is 15.5. The number of amides is 3. The number of benzene rings is 2. The van der Waals surface area contributed by atoms with Gasteiger partial charge in [0.25, 0.3) is 0 Å². The number of hydrogen-bond donors (Lipinski definition) is 2. The highest BCUT2D eigenvalue weighted by atomic mass is 16.2. The Balaban J connectivity index is 1.77. The topological polar surface area (TPSA) is 78.7 Å². The van der Waals surface area contributed by atoms with Crippen LogP contribution in [0.25, 0.3) is 0 Å². The molecule has 28 heavy (non-hydrogen) atoms. The fraction of sp³-hybridized carbons (Fsp3) is 0.364. The maximum absolute atomic E-state index is 13.0. The molecule has 6 heteroatoms. The Kier molecular flexibility index (Phi) is 6.31. The highest BCUT2D eigenvalue weighted by Crippen LogP contribution is 2.24. The van der Waals surface area contributed by atoms with Crippen LogP contribution in [0.3, 0.4) is 0 Å². The van der Waals surface area contributed by atoms with Gasteiger partial charge in [-0.2, -0.15) is 0 Å². The van der Waals surface area contributed by atoms with Gasteiger partial charge in [0.1, 0.15) is 0 Å². The summed E-state index contributed by atoms with van der Waals surface area (Å²) in [6.45, 7) is 1.39.